The maximum Gasteiger partial charge on any atom is 0.199 e. The molecule has 0 aliphatic carbocycles. The summed E-state index contributed by atoms with van der Waals surface area (Å²) in [6, 6.07) is 3.58. The summed E-state index contributed by atoms with van der Waals surface area (Å²) < 4.78 is 58.1. The quantitative estimate of drug-likeness (QED) is 0.637. The number of benzene rings is 2. The van der Waals surface area contributed by atoms with E-state index in [1.54, 1.807) is 0 Å². The first-order chi connectivity index (χ1) is 9.42. The van der Waals surface area contributed by atoms with Crippen LogP contribution in [0.1, 0.15) is 15.9 Å². The van der Waals surface area contributed by atoms with Crippen molar-refractivity contribution >= 4 is 5.78 Å². The average molecular weight is 284 g/mol. The third-order valence-corrected chi connectivity index (χ3v) is 2.60. The van der Waals surface area contributed by atoms with Crippen LogP contribution >= 0.6 is 0 Å². The lowest BCUT2D eigenvalue weighted by atomic mass is 10.0. The number of halogens is 4. The highest BCUT2D eigenvalue weighted by Crippen LogP contribution is 2.23. The molecule has 0 saturated heterocycles. The third kappa shape index (κ3) is 2.64. The molecule has 0 aromatic heterocycles. The Hall–Kier alpha value is -2.37. The number of hydrogen-bond donors (Lipinski definition) is 0. The number of carbonyl (C=O) groups is 1. The third-order valence-electron chi connectivity index (χ3n) is 2.60. The minimum Gasteiger partial charge on any atom is -0.497 e. The fourth-order valence-electron chi connectivity index (χ4n) is 1.71. The molecule has 2 aromatic rings. The number of ether oxygens (including phenoxy) is 1. The molecule has 0 aliphatic heterocycles. The fraction of sp³-hybridized carbons (Fsp3) is 0.0714. The highest BCUT2D eigenvalue weighted by Gasteiger charge is 2.21. The molecule has 0 heterocycles. The lowest BCUT2D eigenvalue weighted by molar-refractivity contribution is 0.103. The molecule has 2 aromatic carbocycles. The molecule has 2 nitrogen and oxygen atoms in total. The largest absolute Gasteiger partial charge is 0.497 e. The second-order valence-corrected chi connectivity index (χ2v) is 3.95. The lowest BCUT2D eigenvalue weighted by Gasteiger charge is -2.07. The molecule has 6 heteroatoms. The van der Waals surface area contributed by atoms with Crippen LogP contribution in [0.3, 0.4) is 0 Å². The van der Waals surface area contributed by atoms with Gasteiger partial charge in [-0.15, -0.1) is 0 Å². The minimum atomic E-state index is -1.17. The van der Waals surface area contributed by atoms with Gasteiger partial charge in [-0.05, 0) is 12.1 Å². The molecule has 0 N–H and O–H groups in total. The van der Waals surface area contributed by atoms with Crippen LogP contribution in [0.2, 0.25) is 0 Å². The van der Waals surface area contributed by atoms with Gasteiger partial charge in [-0.3, -0.25) is 4.79 Å². The Kier molecular flexibility index (Phi) is 3.74. The summed E-state index contributed by atoms with van der Waals surface area (Å²) >= 11 is 0. The lowest BCUT2D eigenvalue weighted by Crippen LogP contribution is -2.09. The zero-order valence-corrected chi connectivity index (χ0v) is 10.2. The molecule has 0 amide bonds. The summed E-state index contributed by atoms with van der Waals surface area (Å²) in [5.41, 5.74) is -1.37. The molecule has 0 spiro atoms. The monoisotopic (exact) mass is 284 g/mol. The molecular formula is C14H8F4O2. The van der Waals surface area contributed by atoms with Gasteiger partial charge in [0.1, 0.15) is 29.0 Å². The van der Waals surface area contributed by atoms with Gasteiger partial charge in [0, 0.05) is 23.8 Å². The van der Waals surface area contributed by atoms with Crippen molar-refractivity contribution in [3.8, 4) is 5.75 Å². The van der Waals surface area contributed by atoms with Gasteiger partial charge in [-0.2, -0.15) is 0 Å². The van der Waals surface area contributed by atoms with Gasteiger partial charge >= 0.3 is 0 Å². The van der Waals surface area contributed by atoms with Crippen LogP contribution in [0.15, 0.2) is 30.3 Å². The van der Waals surface area contributed by atoms with Gasteiger partial charge in [-0.25, -0.2) is 17.6 Å². The van der Waals surface area contributed by atoms with Crippen LogP contribution in [0, 0.1) is 23.3 Å². The summed E-state index contributed by atoms with van der Waals surface area (Å²) in [5, 5.41) is 0. The second-order valence-electron chi connectivity index (χ2n) is 3.95. The van der Waals surface area contributed by atoms with E-state index in [9.17, 15) is 22.4 Å². The number of methoxy groups -OCH3 is 1. The summed E-state index contributed by atoms with van der Waals surface area (Å²) in [6.07, 6.45) is 0. The van der Waals surface area contributed by atoms with E-state index in [4.69, 9.17) is 0 Å². The maximum atomic E-state index is 13.7. The Morgan fingerprint density at radius 1 is 0.900 bits per heavy atom. The summed E-state index contributed by atoms with van der Waals surface area (Å²) in [6.45, 7) is 0. The van der Waals surface area contributed by atoms with E-state index in [0.717, 1.165) is 12.1 Å². The van der Waals surface area contributed by atoms with E-state index in [2.05, 4.69) is 4.74 Å². The first kappa shape index (κ1) is 14.0. The molecule has 0 radical (unpaired) electrons. The van der Waals surface area contributed by atoms with Gasteiger partial charge in [0.25, 0.3) is 0 Å². The number of carbonyl (C=O) groups excluding carboxylic acids is 1. The molecule has 0 fully saturated rings. The van der Waals surface area contributed by atoms with Crippen LogP contribution < -0.4 is 4.74 Å². The van der Waals surface area contributed by atoms with Gasteiger partial charge < -0.3 is 4.74 Å². The summed E-state index contributed by atoms with van der Waals surface area (Å²) in [5.74, 6) is -5.62. The Bertz CT molecular complexity index is 640. The van der Waals surface area contributed by atoms with E-state index >= 15 is 0 Å². The normalized spacial score (nSPS) is 10.4. The van der Waals surface area contributed by atoms with Gasteiger partial charge in [0.15, 0.2) is 5.78 Å². The van der Waals surface area contributed by atoms with Gasteiger partial charge in [0.2, 0.25) is 0 Å². The maximum absolute atomic E-state index is 13.7. The highest BCUT2D eigenvalue weighted by atomic mass is 19.1. The Morgan fingerprint density at radius 2 is 1.40 bits per heavy atom. The molecular weight excluding hydrogens is 276 g/mol. The molecule has 0 aliphatic rings. The van der Waals surface area contributed by atoms with Crippen LogP contribution in [0.25, 0.3) is 0 Å². The van der Waals surface area contributed by atoms with Gasteiger partial charge in [-0.1, -0.05) is 0 Å². The first-order valence-corrected chi connectivity index (χ1v) is 5.46. The fourth-order valence-corrected chi connectivity index (χ4v) is 1.71. The molecule has 0 saturated carbocycles. The smallest absolute Gasteiger partial charge is 0.199 e. The SMILES string of the molecule is COc1cc(F)c(C(=O)c2cc(F)cc(F)c2)c(F)c1. The van der Waals surface area contributed by atoms with Crippen molar-refractivity contribution in [3.05, 3.63) is 64.7 Å². The second kappa shape index (κ2) is 5.32. The molecule has 0 unspecified atom stereocenters. The first-order valence-electron chi connectivity index (χ1n) is 5.46. The Morgan fingerprint density at radius 3 is 1.85 bits per heavy atom. The zero-order chi connectivity index (χ0) is 14.9. The topological polar surface area (TPSA) is 26.3 Å². The number of hydrogen-bond acceptors (Lipinski definition) is 2. The Labute approximate surface area is 111 Å². The van der Waals surface area contributed by atoms with Crippen LogP contribution in [0.4, 0.5) is 17.6 Å². The van der Waals surface area contributed by atoms with Crippen molar-refractivity contribution in [2.45, 2.75) is 0 Å². The van der Waals surface area contributed by atoms with Crippen LogP contribution in [-0.4, -0.2) is 12.9 Å². The summed E-state index contributed by atoms with van der Waals surface area (Å²) in [4.78, 5) is 11.9. The van der Waals surface area contributed by atoms with E-state index in [0.29, 0.717) is 18.2 Å². The predicted octanol–water partition coefficient (Wildman–Crippen LogP) is 3.48. The summed E-state index contributed by atoms with van der Waals surface area (Å²) in [7, 11) is 1.21. The van der Waals surface area contributed by atoms with Crippen molar-refractivity contribution in [3.63, 3.8) is 0 Å². The number of rotatable bonds is 3. The minimum absolute atomic E-state index is 0.109. The number of ketones is 1. The Balaban J connectivity index is 2.53. The molecule has 0 atom stereocenters. The van der Waals surface area contributed by atoms with E-state index in [-0.39, 0.29) is 5.75 Å². The predicted molar refractivity (Wildman–Crippen MR) is 62.7 cm³/mol. The van der Waals surface area contributed by atoms with Crippen molar-refractivity contribution < 1.29 is 27.1 Å². The van der Waals surface area contributed by atoms with E-state index in [1.807, 2.05) is 0 Å². The average Bonchev–Trinajstić information content (AvgIpc) is 2.36. The zero-order valence-electron chi connectivity index (χ0n) is 10.2. The van der Waals surface area contributed by atoms with Crippen molar-refractivity contribution in [1.29, 1.82) is 0 Å². The van der Waals surface area contributed by atoms with Crippen LogP contribution in [0.5, 0.6) is 5.75 Å². The standard InChI is InChI=1S/C14H8F4O2/c1-20-10-5-11(17)13(12(18)6-10)14(19)7-2-8(15)4-9(16)3-7/h2-6H,1H3. The molecule has 20 heavy (non-hydrogen) atoms. The highest BCUT2D eigenvalue weighted by molar-refractivity contribution is 6.09. The van der Waals surface area contributed by atoms with Crippen molar-refractivity contribution in [2.24, 2.45) is 0 Å². The van der Waals surface area contributed by atoms with Crippen molar-refractivity contribution in [2.75, 3.05) is 7.11 Å². The molecule has 0 bridgehead atoms. The molecule has 2 rings (SSSR count). The van der Waals surface area contributed by atoms with E-state index in [1.165, 1.54) is 7.11 Å². The van der Waals surface area contributed by atoms with Crippen LogP contribution in [-0.2, 0) is 0 Å². The van der Waals surface area contributed by atoms with Gasteiger partial charge in [0.05, 0.1) is 12.7 Å². The molecule has 104 valence electrons. The van der Waals surface area contributed by atoms with E-state index < -0.39 is 40.2 Å². The van der Waals surface area contributed by atoms with Crippen molar-refractivity contribution in [1.82, 2.24) is 0 Å².